The Balaban J connectivity index is 2.46. The molecule has 0 unspecified atom stereocenters. The molecule has 1 N–H and O–H groups in total. The van der Waals surface area contributed by atoms with Crippen LogP contribution in [0.2, 0.25) is 0 Å². The minimum atomic E-state index is -0.493. The number of hydrogen-bond acceptors (Lipinski definition) is 5. The van der Waals surface area contributed by atoms with Gasteiger partial charge < -0.3 is 15.0 Å². The largest absolute Gasteiger partial charge is 0.495 e. The van der Waals surface area contributed by atoms with Crippen molar-refractivity contribution in [1.82, 2.24) is 9.97 Å². The Kier molecular flexibility index (Phi) is 3.79. The summed E-state index contributed by atoms with van der Waals surface area (Å²) in [5.41, 5.74) is 0.727. The number of aromatic nitrogens is 2. The standard InChI is InChI=1S/C13H15FN4O/c1-15-13-16-8-9(14)12(17-13)18(2)10-6-4-5-7-11(10)19-3/h4-8H,1-3H3,(H,15,16,17). The fourth-order valence-corrected chi connectivity index (χ4v) is 1.73. The molecule has 2 rings (SSSR count). The van der Waals surface area contributed by atoms with Crippen LogP contribution in [-0.4, -0.2) is 31.2 Å². The summed E-state index contributed by atoms with van der Waals surface area (Å²) in [4.78, 5) is 9.56. The zero-order chi connectivity index (χ0) is 13.8. The minimum Gasteiger partial charge on any atom is -0.495 e. The third kappa shape index (κ3) is 2.57. The van der Waals surface area contributed by atoms with Crippen LogP contribution < -0.4 is 15.0 Å². The zero-order valence-electron chi connectivity index (χ0n) is 11.0. The highest BCUT2D eigenvalue weighted by atomic mass is 19.1. The molecular weight excluding hydrogens is 247 g/mol. The molecule has 0 aliphatic carbocycles. The van der Waals surface area contributed by atoms with Crippen LogP contribution in [0, 0.1) is 5.82 Å². The second kappa shape index (κ2) is 5.51. The van der Waals surface area contributed by atoms with E-state index in [2.05, 4.69) is 15.3 Å². The number of benzene rings is 1. The Morgan fingerprint density at radius 1 is 1.32 bits per heavy atom. The minimum absolute atomic E-state index is 0.184. The number of halogens is 1. The highest BCUT2D eigenvalue weighted by Crippen LogP contribution is 2.32. The van der Waals surface area contributed by atoms with Crippen LogP contribution in [0.4, 0.5) is 21.8 Å². The number of para-hydroxylation sites is 2. The second-order valence-electron chi connectivity index (χ2n) is 3.85. The monoisotopic (exact) mass is 262 g/mol. The average molecular weight is 262 g/mol. The van der Waals surface area contributed by atoms with Gasteiger partial charge in [0.1, 0.15) is 5.75 Å². The van der Waals surface area contributed by atoms with Gasteiger partial charge in [0, 0.05) is 14.1 Å². The topological polar surface area (TPSA) is 50.3 Å². The van der Waals surface area contributed by atoms with Gasteiger partial charge in [-0.25, -0.2) is 9.37 Å². The number of nitrogens with one attached hydrogen (secondary N) is 1. The van der Waals surface area contributed by atoms with Crippen LogP contribution >= 0.6 is 0 Å². The molecule has 5 nitrogen and oxygen atoms in total. The van der Waals surface area contributed by atoms with E-state index in [4.69, 9.17) is 4.74 Å². The lowest BCUT2D eigenvalue weighted by Crippen LogP contribution is -2.15. The van der Waals surface area contributed by atoms with E-state index in [0.29, 0.717) is 11.7 Å². The highest BCUT2D eigenvalue weighted by molar-refractivity contribution is 5.67. The Morgan fingerprint density at radius 3 is 2.74 bits per heavy atom. The molecule has 0 atom stereocenters. The van der Waals surface area contributed by atoms with Crippen molar-refractivity contribution in [2.75, 3.05) is 31.4 Å². The number of hydrogen-bond donors (Lipinski definition) is 1. The number of nitrogens with zero attached hydrogens (tertiary/aromatic N) is 3. The molecule has 0 bridgehead atoms. The summed E-state index contributed by atoms with van der Waals surface area (Å²) in [6, 6.07) is 7.35. The smallest absolute Gasteiger partial charge is 0.224 e. The Labute approximate surface area is 111 Å². The van der Waals surface area contributed by atoms with Gasteiger partial charge in [-0.15, -0.1) is 0 Å². The lowest BCUT2D eigenvalue weighted by molar-refractivity contribution is 0.415. The molecule has 0 aliphatic heterocycles. The first-order valence-corrected chi connectivity index (χ1v) is 5.74. The molecule has 100 valence electrons. The van der Waals surface area contributed by atoms with Crippen LogP contribution in [-0.2, 0) is 0 Å². The predicted molar refractivity (Wildman–Crippen MR) is 72.6 cm³/mol. The molecule has 2 aromatic rings. The van der Waals surface area contributed by atoms with E-state index < -0.39 is 5.82 Å². The average Bonchev–Trinajstić information content (AvgIpc) is 2.47. The summed E-state index contributed by atoms with van der Waals surface area (Å²) in [7, 11) is 4.98. The molecule has 0 fully saturated rings. The van der Waals surface area contributed by atoms with Crippen molar-refractivity contribution < 1.29 is 9.13 Å². The molecule has 19 heavy (non-hydrogen) atoms. The van der Waals surface area contributed by atoms with Gasteiger partial charge in [-0.05, 0) is 12.1 Å². The first-order chi connectivity index (χ1) is 9.17. The van der Waals surface area contributed by atoms with Crippen molar-refractivity contribution in [3.8, 4) is 5.75 Å². The summed E-state index contributed by atoms with van der Waals surface area (Å²) in [5, 5.41) is 2.78. The lowest BCUT2D eigenvalue weighted by atomic mass is 10.2. The Morgan fingerprint density at radius 2 is 2.05 bits per heavy atom. The molecule has 1 aromatic heterocycles. The Hall–Kier alpha value is -2.37. The van der Waals surface area contributed by atoms with Gasteiger partial charge in [-0.2, -0.15) is 4.98 Å². The first kappa shape index (κ1) is 13.1. The summed E-state index contributed by atoms with van der Waals surface area (Å²) in [5.74, 6) is 0.698. The van der Waals surface area contributed by atoms with Gasteiger partial charge in [0.2, 0.25) is 5.95 Å². The molecular formula is C13H15FN4O. The fraction of sp³-hybridized carbons (Fsp3) is 0.231. The highest BCUT2D eigenvalue weighted by Gasteiger charge is 2.15. The quantitative estimate of drug-likeness (QED) is 0.917. The van der Waals surface area contributed by atoms with E-state index in [1.807, 2.05) is 24.3 Å². The number of methoxy groups -OCH3 is 1. The number of rotatable bonds is 4. The summed E-state index contributed by atoms with van der Waals surface area (Å²) >= 11 is 0. The molecule has 1 aromatic carbocycles. The molecule has 1 heterocycles. The fourth-order valence-electron chi connectivity index (χ4n) is 1.73. The third-order valence-electron chi connectivity index (χ3n) is 2.71. The van der Waals surface area contributed by atoms with Crippen LogP contribution in [0.1, 0.15) is 0 Å². The van der Waals surface area contributed by atoms with Crippen molar-refractivity contribution in [3.05, 3.63) is 36.3 Å². The van der Waals surface area contributed by atoms with Crippen LogP contribution in [0.15, 0.2) is 30.5 Å². The SMILES string of the molecule is CNc1ncc(F)c(N(C)c2ccccc2OC)n1. The van der Waals surface area contributed by atoms with E-state index in [0.717, 1.165) is 11.9 Å². The molecule has 0 amide bonds. The molecule has 0 spiro atoms. The van der Waals surface area contributed by atoms with Gasteiger partial charge in [-0.3, -0.25) is 0 Å². The number of ether oxygens (including phenoxy) is 1. The second-order valence-corrected chi connectivity index (χ2v) is 3.85. The van der Waals surface area contributed by atoms with E-state index >= 15 is 0 Å². The molecule has 0 saturated heterocycles. The van der Waals surface area contributed by atoms with Gasteiger partial charge in [0.05, 0.1) is 19.0 Å². The van der Waals surface area contributed by atoms with Crippen LogP contribution in [0.3, 0.4) is 0 Å². The van der Waals surface area contributed by atoms with Crippen LogP contribution in [0.5, 0.6) is 5.75 Å². The first-order valence-electron chi connectivity index (χ1n) is 5.74. The van der Waals surface area contributed by atoms with Gasteiger partial charge in [-0.1, -0.05) is 12.1 Å². The zero-order valence-corrected chi connectivity index (χ0v) is 11.0. The van der Waals surface area contributed by atoms with Gasteiger partial charge >= 0.3 is 0 Å². The molecule has 0 aliphatic rings. The van der Waals surface area contributed by atoms with Crippen molar-refractivity contribution in [3.63, 3.8) is 0 Å². The van der Waals surface area contributed by atoms with Crippen LogP contribution in [0.25, 0.3) is 0 Å². The van der Waals surface area contributed by atoms with E-state index in [1.54, 1.807) is 26.1 Å². The maximum Gasteiger partial charge on any atom is 0.224 e. The van der Waals surface area contributed by atoms with E-state index in [-0.39, 0.29) is 5.82 Å². The van der Waals surface area contributed by atoms with Crippen molar-refractivity contribution >= 4 is 17.5 Å². The summed E-state index contributed by atoms with van der Waals surface area (Å²) in [6.45, 7) is 0. The number of anilines is 3. The summed E-state index contributed by atoms with van der Waals surface area (Å²) < 4.78 is 19.1. The van der Waals surface area contributed by atoms with Gasteiger partial charge in [0.25, 0.3) is 0 Å². The molecule has 0 saturated carbocycles. The van der Waals surface area contributed by atoms with Crippen molar-refractivity contribution in [2.24, 2.45) is 0 Å². The van der Waals surface area contributed by atoms with Crippen molar-refractivity contribution in [1.29, 1.82) is 0 Å². The molecule has 0 radical (unpaired) electrons. The van der Waals surface area contributed by atoms with Gasteiger partial charge in [0.15, 0.2) is 11.6 Å². The van der Waals surface area contributed by atoms with Crippen molar-refractivity contribution in [2.45, 2.75) is 0 Å². The third-order valence-corrected chi connectivity index (χ3v) is 2.71. The maximum absolute atomic E-state index is 13.8. The summed E-state index contributed by atoms with van der Waals surface area (Å²) in [6.07, 6.45) is 1.14. The molecule has 6 heteroatoms. The van der Waals surface area contributed by atoms with E-state index in [1.165, 1.54) is 0 Å². The maximum atomic E-state index is 13.8. The Bertz CT molecular complexity index is 576. The normalized spacial score (nSPS) is 10.1. The lowest BCUT2D eigenvalue weighted by Gasteiger charge is -2.21. The van der Waals surface area contributed by atoms with E-state index in [9.17, 15) is 4.39 Å². The predicted octanol–water partition coefficient (Wildman–Crippen LogP) is 2.43.